The highest BCUT2D eigenvalue weighted by atomic mass is 32.1. The summed E-state index contributed by atoms with van der Waals surface area (Å²) in [4.78, 5) is 15.2. The van der Waals surface area contributed by atoms with Crippen LogP contribution in [0.5, 0.6) is 0 Å². The van der Waals surface area contributed by atoms with Gasteiger partial charge in [0.15, 0.2) is 6.54 Å². The maximum Gasteiger partial charge on any atom is 0.280 e. The van der Waals surface area contributed by atoms with Crippen LogP contribution < -0.4 is 10.2 Å². The molecule has 1 atom stereocenters. The van der Waals surface area contributed by atoms with E-state index >= 15 is 0 Å². The maximum absolute atomic E-state index is 12.6. The molecule has 4 nitrogen and oxygen atoms in total. The van der Waals surface area contributed by atoms with Crippen molar-refractivity contribution in [2.24, 2.45) is 0 Å². The second-order valence-electron chi connectivity index (χ2n) is 7.30. The van der Waals surface area contributed by atoms with Gasteiger partial charge < -0.3 is 10.2 Å². The van der Waals surface area contributed by atoms with E-state index in [4.69, 9.17) is 0 Å². The Morgan fingerprint density at radius 2 is 1.96 bits per heavy atom. The number of quaternary nitrogens is 1. The minimum atomic E-state index is 0.0206. The fourth-order valence-electron chi connectivity index (χ4n) is 4.14. The number of hydrogen-bond donors (Lipinski definition) is 2. The summed E-state index contributed by atoms with van der Waals surface area (Å²) in [5.74, 6) is 0.0206. The Balaban J connectivity index is 1.44. The van der Waals surface area contributed by atoms with Gasteiger partial charge in [-0.15, -0.1) is 11.3 Å². The van der Waals surface area contributed by atoms with Crippen molar-refractivity contribution in [3.8, 4) is 6.07 Å². The molecule has 0 fully saturated rings. The molecule has 1 aromatic heterocycles. The first-order chi connectivity index (χ1) is 12.7. The van der Waals surface area contributed by atoms with Crippen molar-refractivity contribution in [3.63, 3.8) is 0 Å². The molecule has 0 spiro atoms. The Morgan fingerprint density at radius 1 is 1.15 bits per heavy atom. The topological polar surface area (TPSA) is 57.3 Å². The fraction of sp³-hybridized carbons (Fsp3) is 0.429. The predicted octanol–water partition coefficient (Wildman–Crippen LogP) is 2.47. The zero-order chi connectivity index (χ0) is 17.9. The summed E-state index contributed by atoms with van der Waals surface area (Å²) in [6.07, 6.45) is 6.59. The van der Waals surface area contributed by atoms with Crippen LogP contribution in [0, 0.1) is 11.3 Å². The second-order valence-corrected chi connectivity index (χ2v) is 8.41. The molecule has 2 aromatic rings. The number of aryl methyl sites for hydroxylation is 1. The molecule has 0 radical (unpaired) electrons. The predicted molar refractivity (Wildman–Crippen MR) is 103 cm³/mol. The Labute approximate surface area is 158 Å². The summed E-state index contributed by atoms with van der Waals surface area (Å²) in [6, 6.07) is 10.8. The van der Waals surface area contributed by atoms with Crippen molar-refractivity contribution in [3.05, 3.63) is 51.4 Å². The first-order valence-electron chi connectivity index (χ1n) is 9.49. The Hall–Kier alpha value is -2.16. The van der Waals surface area contributed by atoms with Crippen molar-refractivity contribution < 1.29 is 9.69 Å². The molecular formula is C21H24N3OS+. The van der Waals surface area contributed by atoms with Crippen LogP contribution in [0.25, 0.3) is 0 Å². The van der Waals surface area contributed by atoms with E-state index in [1.54, 1.807) is 11.3 Å². The monoisotopic (exact) mass is 366 g/mol. The number of fused-ring (bicyclic) bond motifs is 2. The van der Waals surface area contributed by atoms with Crippen molar-refractivity contribution in [2.75, 3.05) is 18.4 Å². The molecule has 4 rings (SSSR count). The molecule has 0 saturated carbocycles. The number of hydrogen-bond acceptors (Lipinski definition) is 3. The number of rotatable bonds is 3. The van der Waals surface area contributed by atoms with Gasteiger partial charge in [0.1, 0.15) is 17.6 Å². The number of amides is 1. The molecule has 1 aliphatic heterocycles. The molecule has 26 heavy (non-hydrogen) atoms. The zero-order valence-electron chi connectivity index (χ0n) is 14.9. The first kappa shape index (κ1) is 17.3. The van der Waals surface area contributed by atoms with Gasteiger partial charge in [0.05, 0.1) is 12.1 Å². The Bertz CT molecular complexity index is 865. The van der Waals surface area contributed by atoms with E-state index in [2.05, 4.69) is 35.7 Å². The quantitative estimate of drug-likeness (QED) is 0.820. The van der Waals surface area contributed by atoms with E-state index in [9.17, 15) is 10.1 Å². The zero-order valence-corrected chi connectivity index (χ0v) is 15.8. The molecule has 1 aliphatic carbocycles. The van der Waals surface area contributed by atoms with Crippen LogP contribution in [-0.2, 0) is 30.6 Å². The Kier molecular flexibility index (Phi) is 5.05. The van der Waals surface area contributed by atoms with Gasteiger partial charge in [-0.3, -0.25) is 4.79 Å². The average Bonchev–Trinajstić information content (AvgIpc) is 2.81. The molecule has 0 saturated heterocycles. The van der Waals surface area contributed by atoms with E-state index in [1.807, 2.05) is 0 Å². The SMILES string of the molecule is N#Cc1c(NC(=O)C[NH+]2CCc3ccccc3C2)sc2c1CCCCC2. The van der Waals surface area contributed by atoms with Crippen molar-refractivity contribution in [1.29, 1.82) is 5.26 Å². The number of carbonyl (C=O) groups excluding carboxylic acids is 1. The third kappa shape index (κ3) is 3.53. The van der Waals surface area contributed by atoms with Crippen LogP contribution >= 0.6 is 11.3 Å². The minimum Gasteiger partial charge on any atom is -0.323 e. The maximum atomic E-state index is 12.6. The molecule has 1 unspecified atom stereocenters. The van der Waals surface area contributed by atoms with Gasteiger partial charge >= 0.3 is 0 Å². The lowest BCUT2D eigenvalue weighted by Crippen LogP contribution is -3.12. The number of nitrogens with one attached hydrogen (secondary N) is 2. The smallest absolute Gasteiger partial charge is 0.280 e. The van der Waals surface area contributed by atoms with Crippen LogP contribution in [-0.4, -0.2) is 19.0 Å². The third-order valence-corrected chi connectivity index (χ3v) is 6.71. The largest absolute Gasteiger partial charge is 0.323 e. The number of carbonyl (C=O) groups is 1. The van der Waals surface area contributed by atoms with Gasteiger partial charge in [0, 0.05) is 16.9 Å². The van der Waals surface area contributed by atoms with Gasteiger partial charge in [0.2, 0.25) is 0 Å². The van der Waals surface area contributed by atoms with Crippen LogP contribution in [0.2, 0.25) is 0 Å². The van der Waals surface area contributed by atoms with Crippen molar-refractivity contribution in [1.82, 2.24) is 0 Å². The number of benzene rings is 1. The van der Waals surface area contributed by atoms with Gasteiger partial charge in [-0.25, -0.2) is 0 Å². The third-order valence-electron chi connectivity index (χ3n) is 5.50. The van der Waals surface area contributed by atoms with Crippen LogP contribution in [0.3, 0.4) is 0 Å². The fourth-order valence-corrected chi connectivity index (χ4v) is 5.40. The van der Waals surface area contributed by atoms with Gasteiger partial charge in [-0.1, -0.05) is 30.7 Å². The highest BCUT2D eigenvalue weighted by Crippen LogP contribution is 2.36. The molecule has 2 aliphatic rings. The number of nitriles is 1. The summed E-state index contributed by atoms with van der Waals surface area (Å²) in [5, 5.41) is 13.4. The molecule has 2 N–H and O–H groups in total. The molecule has 2 heterocycles. The molecule has 1 amide bonds. The van der Waals surface area contributed by atoms with Crippen molar-refractivity contribution >= 4 is 22.2 Å². The summed E-state index contributed by atoms with van der Waals surface area (Å²) in [6.45, 7) is 2.34. The molecule has 1 aromatic carbocycles. The van der Waals surface area contributed by atoms with Crippen LogP contribution in [0.1, 0.15) is 46.4 Å². The van der Waals surface area contributed by atoms with Crippen LogP contribution in [0.4, 0.5) is 5.00 Å². The second kappa shape index (κ2) is 7.61. The van der Waals surface area contributed by atoms with E-state index in [-0.39, 0.29) is 5.91 Å². The lowest BCUT2D eigenvalue weighted by Gasteiger charge is -2.25. The van der Waals surface area contributed by atoms with Gasteiger partial charge in [0.25, 0.3) is 5.91 Å². The van der Waals surface area contributed by atoms with Crippen LogP contribution in [0.15, 0.2) is 24.3 Å². The summed E-state index contributed by atoms with van der Waals surface area (Å²) in [5.41, 5.74) is 4.65. The molecule has 5 heteroatoms. The highest BCUT2D eigenvalue weighted by Gasteiger charge is 2.24. The molecular weight excluding hydrogens is 342 g/mol. The first-order valence-corrected chi connectivity index (χ1v) is 10.3. The normalized spacial score (nSPS) is 19.0. The number of thiophene rings is 1. The van der Waals surface area contributed by atoms with E-state index in [1.165, 1.54) is 39.3 Å². The number of anilines is 1. The Morgan fingerprint density at radius 3 is 2.81 bits per heavy atom. The van der Waals surface area contributed by atoms with Crippen molar-refractivity contribution in [2.45, 2.75) is 45.1 Å². The standard InChI is InChI=1S/C21H23N3OS/c22-12-18-17-8-2-1-3-9-19(17)26-21(18)23-20(25)14-24-11-10-15-6-4-5-7-16(15)13-24/h4-7H,1-3,8-11,13-14H2,(H,23,25)/p+1. The van der Waals surface area contributed by atoms with E-state index < -0.39 is 0 Å². The average molecular weight is 367 g/mol. The van der Waals surface area contributed by atoms with E-state index in [0.717, 1.165) is 43.8 Å². The van der Waals surface area contributed by atoms with E-state index in [0.29, 0.717) is 12.1 Å². The molecule has 134 valence electrons. The van der Waals surface area contributed by atoms with Gasteiger partial charge in [-0.2, -0.15) is 5.26 Å². The highest BCUT2D eigenvalue weighted by molar-refractivity contribution is 7.16. The summed E-state index contributed by atoms with van der Waals surface area (Å²) >= 11 is 1.62. The summed E-state index contributed by atoms with van der Waals surface area (Å²) < 4.78 is 0. The number of nitrogens with zero attached hydrogens (tertiary/aromatic N) is 1. The minimum absolute atomic E-state index is 0.0206. The summed E-state index contributed by atoms with van der Waals surface area (Å²) in [7, 11) is 0. The van der Waals surface area contributed by atoms with Gasteiger partial charge in [-0.05, 0) is 36.8 Å². The molecule has 0 bridgehead atoms. The lowest BCUT2D eigenvalue weighted by molar-refractivity contribution is -0.907. The lowest BCUT2D eigenvalue weighted by atomic mass is 10.00.